The van der Waals surface area contributed by atoms with Crippen molar-refractivity contribution in [2.45, 2.75) is 32.0 Å². The van der Waals surface area contributed by atoms with Gasteiger partial charge in [-0.3, -0.25) is 14.2 Å². The van der Waals surface area contributed by atoms with Crippen LogP contribution in [0.2, 0.25) is 0 Å². The Bertz CT molecular complexity index is 1680. The third kappa shape index (κ3) is 7.82. The molecule has 2 N–H and O–H groups in total. The van der Waals surface area contributed by atoms with Crippen LogP contribution in [0.3, 0.4) is 0 Å². The molecule has 4 aromatic carbocycles. The van der Waals surface area contributed by atoms with Crippen molar-refractivity contribution in [2.75, 3.05) is 19.4 Å². The molecule has 0 saturated carbocycles. The lowest BCUT2D eigenvalue weighted by molar-refractivity contribution is -0.146. The van der Waals surface area contributed by atoms with Gasteiger partial charge in [-0.25, -0.2) is 4.79 Å². The number of Topliss-reactive ketones (excluding diaryl/α,β-unsaturated/α-hetero) is 1. The van der Waals surface area contributed by atoms with Crippen molar-refractivity contribution < 1.29 is 33.3 Å². The van der Waals surface area contributed by atoms with Gasteiger partial charge in [-0.15, -0.1) is 0 Å². The third-order valence-electron chi connectivity index (χ3n) is 8.26. The van der Waals surface area contributed by atoms with Crippen molar-refractivity contribution in [1.29, 1.82) is 0 Å². The average molecular weight is 640 g/mol. The highest BCUT2D eigenvalue weighted by molar-refractivity contribution is 7.58. The summed E-state index contributed by atoms with van der Waals surface area (Å²) in [4.78, 5) is 50.4. The Hall–Kier alpha value is -4.52. The molecule has 0 heterocycles. The van der Waals surface area contributed by atoms with Gasteiger partial charge in [0.2, 0.25) is 7.37 Å². The predicted molar refractivity (Wildman–Crippen MR) is 177 cm³/mol. The molecule has 0 aromatic heterocycles. The first-order valence-corrected chi connectivity index (χ1v) is 17.3. The third-order valence-corrected chi connectivity index (χ3v) is 10.8. The van der Waals surface area contributed by atoms with Gasteiger partial charge in [0.15, 0.2) is 12.4 Å². The number of ether oxygens (including phenoxy) is 2. The van der Waals surface area contributed by atoms with E-state index in [-0.39, 0.29) is 24.7 Å². The highest BCUT2D eigenvalue weighted by Gasteiger charge is 2.40. The minimum atomic E-state index is -4.22. The first-order chi connectivity index (χ1) is 22.1. The molecule has 1 aliphatic rings. The normalized spacial score (nSPS) is 14.8. The molecule has 0 saturated heterocycles. The Labute approximate surface area is 269 Å². The summed E-state index contributed by atoms with van der Waals surface area (Å²) in [6.07, 6.45) is -1.14. The molecule has 4 aromatic rings. The zero-order valence-electron chi connectivity index (χ0n) is 25.9. The number of alkyl carbamates (subject to hydrolysis) is 1. The van der Waals surface area contributed by atoms with E-state index >= 15 is 0 Å². The lowest BCUT2D eigenvalue weighted by Crippen LogP contribution is -2.41. The van der Waals surface area contributed by atoms with Gasteiger partial charge >= 0.3 is 12.1 Å². The molecule has 5 rings (SSSR count). The van der Waals surface area contributed by atoms with Crippen molar-refractivity contribution >= 4 is 25.2 Å². The molecule has 0 fully saturated rings. The molecule has 46 heavy (non-hydrogen) atoms. The number of fused-ring (bicyclic) bond motifs is 3. The minimum absolute atomic E-state index is 0.0544. The quantitative estimate of drug-likeness (QED) is 0.0913. The van der Waals surface area contributed by atoms with Crippen molar-refractivity contribution in [3.05, 3.63) is 131 Å². The Morgan fingerprint density at radius 3 is 1.91 bits per heavy atom. The molecular formula is C37H38NO7P. The Morgan fingerprint density at radius 2 is 1.33 bits per heavy atom. The van der Waals surface area contributed by atoms with Gasteiger partial charge in [-0.1, -0.05) is 123 Å². The largest absolute Gasteiger partial charge is 0.457 e. The molecule has 3 unspecified atom stereocenters. The molecule has 1 amide bonds. The number of hydrogen-bond donors (Lipinski definition) is 2. The molecule has 3 atom stereocenters. The van der Waals surface area contributed by atoms with E-state index in [0.29, 0.717) is 5.56 Å². The topological polar surface area (TPSA) is 119 Å². The number of rotatable bonds is 13. The monoisotopic (exact) mass is 639 g/mol. The summed E-state index contributed by atoms with van der Waals surface area (Å²) in [5.74, 6) is -3.97. The number of hydrogen-bond acceptors (Lipinski definition) is 6. The van der Waals surface area contributed by atoms with E-state index in [2.05, 4.69) is 5.32 Å². The SMILES string of the molecule is CC(C)C(NC(=O)OCC1c2ccccc2-c2ccccc21)P(=O)(O)CC(Cc1ccccc1)C(=O)OCC(=O)c1ccccc1. The maximum Gasteiger partial charge on any atom is 0.407 e. The fourth-order valence-corrected chi connectivity index (χ4v) is 8.38. The summed E-state index contributed by atoms with van der Waals surface area (Å²) >= 11 is 0. The molecule has 8 nitrogen and oxygen atoms in total. The number of ketones is 1. The van der Waals surface area contributed by atoms with E-state index in [9.17, 15) is 23.8 Å². The van der Waals surface area contributed by atoms with Crippen LogP contribution < -0.4 is 5.32 Å². The van der Waals surface area contributed by atoms with E-state index in [1.807, 2.05) is 78.9 Å². The number of esters is 1. The van der Waals surface area contributed by atoms with E-state index < -0.39 is 49.8 Å². The molecule has 9 heteroatoms. The van der Waals surface area contributed by atoms with Gasteiger partial charge in [-0.05, 0) is 40.2 Å². The van der Waals surface area contributed by atoms with Crippen molar-refractivity contribution in [1.82, 2.24) is 5.32 Å². The second-order valence-electron chi connectivity index (χ2n) is 11.9. The fourth-order valence-electron chi connectivity index (χ4n) is 6.01. The van der Waals surface area contributed by atoms with Crippen LogP contribution in [0.5, 0.6) is 0 Å². The second kappa shape index (κ2) is 14.7. The highest BCUT2D eigenvalue weighted by Crippen LogP contribution is 2.50. The van der Waals surface area contributed by atoms with Gasteiger partial charge in [-0.2, -0.15) is 0 Å². The number of carbonyl (C=O) groups excluding carboxylic acids is 3. The number of amides is 1. The maximum atomic E-state index is 14.0. The molecule has 1 aliphatic carbocycles. The summed E-state index contributed by atoms with van der Waals surface area (Å²) in [6, 6.07) is 33.5. The molecular weight excluding hydrogens is 601 g/mol. The molecule has 0 aliphatic heterocycles. The zero-order valence-corrected chi connectivity index (χ0v) is 26.8. The lowest BCUT2D eigenvalue weighted by Gasteiger charge is -2.29. The Balaban J connectivity index is 1.27. The number of nitrogens with one attached hydrogen (secondary N) is 1. The van der Waals surface area contributed by atoms with Crippen molar-refractivity contribution in [3.8, 4) is 11.1 Å². The van der Waals surface area contributed by atoms with E-state index in [0.717, 1.165) is 27.8 Å². The van der Waals surface area contributed by atoms with Crippen LogP contribution in [0.25, 0.3) is 11.1 Å². The molecule has 0 bridgehead atoms. The van der Waals surface area contributed by atoms with Crippen molar-refractivity contribution in [2.24, 2.45) is 11.8 Å². The predicted octanol–water partition coefficient (Wildman–Crippen LogP) is 7.06. The maximum absolute atomic E-state index is 14.0. The molecule has 238 valence electrons. The van der Waals surface area contributed by atoms with Gasteiger partial charge in [0.25, 0.3) is 0 Å². The van der Waals surface area contributed by atoms with Crippen LogP contribution in [0.4, 0.5) is 4.79 Å². The lowest BCUT2D eigenvalue weighted by atomic mass is 9.98. The molecule has 0 spiro atoms. The summed E-state index contributed by atoms with van der Waals surface area (Å²) < 4.78 is 25.0. The summed E-state index contributed by atoms with van der Waals surface area (Å²) in [6.45, 7) is 3.01. The summed E-state index contributed by atoms with van der Waals surface area (Å²) in [5.41, 5.74) is 5.46. The van der Waals surface area contributed by atoms with Crippen molar-refractivity contribution in [3.63, 3.8) is 0 Å². The highest BCUT2D eigenvalue weighted by atomic mass is 31.2. The first kappa shape index (κ1) is 32.9. The van der Waals surface area contributed by atoms with Crippen LogP contribution in [-0.4, -0.2) is 47.9 Å². The van der Waals surface area contributed by atoms with Gasteiger partial charge in [0.1, 0.15) is 12.4 Å². The first-order valence-electron chi connectivity index (χ1n) is 15.4. The number of benzene rings is 4. The van der Waals surface area contributed by atoms with Crippen LogP contribution in [0.1, 0.15) is 46.8 Å². The van der Waals surface area contributed by atoms with Crippen LogP contribution >= 0.6 is 7.37 Å². The molecule has 0 radical (unpaired) electrons. The van der Waals surface area contributed by atoms with Gasteiger partial charge in [0, 0.05) is 17.6 Å². The fraction of sp³-hybridized carbons (Fsp3) is 0.270. The van der Waals surface area contributed by atoms with Crippen LogP contribution in [-0.2, 0) is 25.3 Å². The standard InChI is InChI=1S/C37H38NO7P/c1-25(2)35(38-37(41)45-22-33-31-19-11-9-17-29(31)30-18-10-12-20-32(30)33)46(42,43)24-28(21-26-13-5-3-6-14-26)36(40)44-23-34(39)27-15-7-4-8-16-27/h3-20,25,28,33,35H,21-24H2,1-2H3,(H,38,41)(H,42,43). The van der Waals surface area contributed by atoms with Gasteiger partial charge in [0.05, 0.1) is 5.92 Å². The van der Waals surface area contributed by atoms with Crippen LogP contribution in [0, 0.1) is 11.8 Å². The zero-order chi connectivity index (χ0) is 32.7. The van der Waals surface area contributed by atoms with E-state index in [4.69, 9.17) is 9.47 Å². The minimum Gasteiger partial charge on any atom is -0.457 e. The summed E-state index contributed by atoms with van der Waals surface area (Å²) in [7, 11) is -4.22. The number of carbonyl (C=O) groups is 3. The van der Waals surface area contributed by atoms with Crippen LogP contribution in [0.15, 0.2) is 109 Å². The Kier molecular flexibility index (Phi) is 10.5. The van der Waals surface area contributed by atoms with Gasteiger partial charge < -0.3 is 19.7 Å². The van der Waals surface area contributed by atoms with E-state index in [1.54, 1.807) is 44.2 Å². The smallest absolute Gasteiger partial charge is 0.407 e. The second-order valence-corrected chi connectivity index (χ2v) is 14.3. The average Bonchev–Trinajstić information content (AvgIpc) is 3.38. The van der Waals surface area contributed by atoms with E-state index in [1.165, 1.54) is 0 Å². The Morgan fingerprint density at radius 1 is 0.783 bits per heavy atom. The summed E-state index contributed by atoms with van der Waals surface area (Å²) in [5, 5.41) is 2.63.